The number of hydrogen-bond donors (Lipinski definition) is 0. The van der Waals surface area contributed by atoms with Gasteiger partial charge in [-0.15, -0.1) is 0 Å². The molecule has 0 N–H and O–H groups in total. The molecule has 0 aliphatic heterocycles. The molecule has 0 amide bonds. The number of halogens is 3. The van der Waals surface area contributed by atoms with Gasteiger partial charge in [0.15, 0.2) is 0 Å². The minimum Gasteiger partial charge on any atom is -0.468 e. The van der Waals surface area contributed by atoms with Crippen molar-refractivity contribution in [3.8, 4) is 0 Å². The molecule has 0 atom stereocenters. The van der Waals surface area contributed by atoms with Gasteiger partial charge in [-0.25, -0.2) is 0 Å². The lowest BCUT2D eigenvalue weighted by Crippen LogP contribution is -2.38. The molecule has 0 heterocycles. The van der Waals surface area contributed by atoms with Crippen LogP contribution < -0.4 is 0 Å². The van der Waals surface area contributed by atoms with Crippen LogP contribution in [0.2, 0.25) is 0 Å². The zero-order chi connectivity index (χ0) is 11.2. The Bertz CT molecular complexity index is 182. The number of esters is 1. The Labute approximate surface area is 80.8 Å². The van der Waals surface area contributed by atoms with Crippen molar-refractivity contribution in [3.05, 3.63) is 0 Å². The average Bonchev–Trinajstić information content (AvgIpc) is 2.01. The minimum atomic E-state index is -4.27. The van der Waals surface area contributed by atoms with E-state index in [0.29, 0.717) is 6.42 Å². The molecule has 0 aliphatic carbocycles. The van der Waals surface area contributed by atoms with Crippen LogP contribution in [0.1, 0.15) is 13.3 Å². The van der Waals surface area contributed by atoms with Crippen molar-refractivity contribution >= 4 is 5.97 Å². The summed E-state index contributed by atoms with van der Waals surface area (Å²) < 4.78 is 40.3. The van der Waals surface area contributed by atoms with Gasteiger partial charge >= 0.3 is 12.1 Å². The summed E-state index contributed by atoms with van der Waals surface area (Å²) in [6.45, 7) is 0.592. The van der Waals surface area contributed by atoms with Gasteiger partial charge in [0.2, 0.25) is 0 Å². The first kappa shape index (κ1) is 13.2. The number of alkyl halides is 3. The van der Waals surface area contributed by atoms with Crippen LogP contribution in [-0.2, 0) is 9.53 Å². The number of carbonyl (C=O) groups is 1. The molecule has 0 aromatic heterocycles. The van der Waals surface area contributed by atoms with Crippen LogP contribution in [0.3, 0.4) is 0 Å². The molecule has 0 aliphatic rings. The zero-order valence-corrected chi connectivity index (χ0v) is 8.23. The van der Waals surface area contributed by atoms with E-state index >= 15 is 0 Å². The second-order valence-electron chi connectivity index (χ2n) is 2.90. The van der Waals surface area contributed by atoms with Gasteiger partial charge in [0.1, 0.15) is 0 Å². The average molecular weight is 213 g/mol. The molecule has 14 heavy (non-hydrogen) atoms. The first-order chi connectivity index (χ1) is 6.39. The molecule has 0 spiro atoms. The molecule has 0 aromatic carbocycles. The highest BCUT2D eigenvalue weighted by Crippen LogP contribution is 2.16. The Hall–Kier alpha value is -0.780. The molecular formula is C8H14F3NO2. The zero-order valence-electron chi connectivity index (χ0n) is 8.23. The largest absolute Gasteiger partial charge is 0.468 e. The smallest absolute Gasteiger partial charge is 0.401 e. The third-order valence-corrected chi connectivity index (χ3v) is 1.52. The van der Waals surface area contributed by atoms with E-state index in [0.717, 1.165) is 12.0 Å². The molecule has 0 rings (SSSR count). The third kappa shape index (κ3) is 6.71. The van der Waals surface area contributed by atoms with E-state index in [1.807, 2.05) is 0 Å². The highest BCUT2D eigenvalue weighted by Gasteiger charge is 2.31. The Kier molecular flexibility index (Phi) is 5.52. The summed E-state index contributed by atoms with van der Waals surface area (Å²) in [6.07, 6.45) is -3.71. The van der Waals surface area contributed by atoms with Crippen molar-refractivity contribution in [1.82, 2.24) is 4.90 Å². The van der Waals surface area contributed by atoms with Crippen LogP contribution in [0, 0.1) is 0 Å². The second-order valence-corrected chi connectivity index (χ2v) is 2.90. The molecule has 84 valence electrons. The van der Waals surface area contributed by atoms with Crippen molar-refractivity contribution in [2.45, 2.75) is 19.5 Å². The number of hydrogen-bond acceptors (Lipinski definition) is 3. The molecule has 3 nitrogen and oxygen atoms in total. The van der Waals surface area contributed by atoms with Crippen molar-refractivity contribution < 1.29 is 22.7 Å². The standard InChI is InChI=1S/C8H14F3NO2/c1-3-4-12(5-7(13)14-2)6-8(9,10)11/h3-6H2,1-2H3. The van der Waals surface area contributed by atoms with Gasteiger partial charge in [-0.05, 0) is 13.0 Å². The fraction of sp³-hybridized carbons (Fsp3) is 0.875. The lowest BCUT2D eigenvalue weighted by Gasteiger charge is -2.21. The van der Waals surface area contributed by atoms with Gasteiger partial charge in [0.05, 0.1) is 20.2 Å². The fourth-order valence-corrected chi connectivity index (χ4v) is 1.03. The lowest BCUT2D eigenvalue weighted by molar-refractivity contribution is -0.155. The second kappa shape index (κ2) is 5.85. The molecule has 0 bridgehead atoms. The van der Waals surface area contributed by atoms with E-state index in [2.05, 4.69) is 4.74 Å². The Morgan fingerprint density at radius 1 is 1.43 bits per heavy atom. The number of rotatable bonds is 5. The predicted molar refractivity (Wildman–Crippen MR) is 44.8 cm³/mol. The van der Waals surface area contributed by atoms with Gasteiger partial charge in [-0.3, -0.25) is 9.69 Å². The van der Waals surface area contributed by atoms with E-state index in [1.54, 1.807) is 6.92 Å². The number of carbonyl (C=O) groups excluding carboxylic acids is 1. The van der Waals surface area contributed by atoms with Gasteiger partial charge in [-0.2, -0.15) is 13.2 Å². The van der Waals surface area contributed by atoms with E-state index in [1.165, 1.54) is 0 Å². The summed E-state index contributed by atoms with van der Waals surface area (Å²) in [6, 6.07) is 0. The molecule has 0 saturated heterocycles. The Morgan fingerprint density at radius 2 is 2.00 bits per heavy atom. The van der Waals surface area contributed by atoms with Gasteiger partial charge < -0.3 is 4.74 Å². The lowest BCUT2D eigenvalue weighted by atomic mass is 10.4. The quantitative estimate of drug-likeness (QED) is 0.647. The fourth-order valence-electron chi connectivity index (χ4n) is 1.03. The normalized spacial score (nSPS) is 11.9. The Morgan fingerprint density at radius 3 is 2.36 bits per heavy atom. The maximum absolute atomic E-state index is 12.0. The monoisotopic (exact) mass is 213 g/mol. The van der Waals surface area contributed by atoms with E-state index < -0.39 is 18.7 Å². The van der Waals surface area contributed by atoms with Crippen molar-refractivity contribution in [3.63, 3.8) is 0 Å². The summed E-state index contributed by atoms with van der Waals surface area (Å²) >= 11 is 0. The first-order valence-corrected chi connectivity index (χ1v) is 4.25. The highest BCUT2D eigenvalue weighted by atomic mass is 19.4. The van der Waals surface area contributed by atoms with E-state index in [-0.39, 0.29) is 13.1 Å². The SMILES string of the molecule is CCCN(CC(=O)OC)CC(F)(F)F. The van der Waals surface area contributed by atoms with Crippen molar-refractivity contribution in [2.24, 2.45) is 0 Å². The highest BCUT2D eigenvalue weighted by molar-refractivity contribution is 5.71. The summed E-state index contributed by atoms with van der Waals surface area (Å²) in [5, 5.41) is 0. The molecule has 6 heteroatoms. The van der Waals surface area contributed by atoms with Gasteiger partial charge in [0, 0.05) is 0 Å². The van der Waals surface area contributed by atoms with Gasteiger partial charge in [-0.1, -0.05) is 6.92 Å². The van der Waals surface area contributed by atoms with E-state index in [9.17, 15) is 18.0 Å². The molecule has 0 radical (unpaired) electrons. The van der Waals surface area contributed by atoms with Crippen LogP contribution in [0.5, 0.6) is 0 Å². The third-order valence-electron chi connectivity index (χ3n) is 1.52. The molecular weight excluding hydrogens is 199 g/mol. The van der Waals surface area contributed by atoms with Crippen molar-refractivity contribution in [1.29, 1.82) is 0 Å². The molecule has 0 saturated carbocycles. The van der Waals surface area contributed by atoms with Crippen LogP contribution in [0.25, 0.3) is 0 Å². The summed E-state index contributed by atoms with van der Waals surface area (Å²) in [5.41, 5.74) is 0. The van der Waals surface area contributed by atoms with Gasteiger partial charge in [0.25, 0.3) is 0 Å². The topological polar surface area (TPSA) is 29.5 Å². The maximum Gasteiger partial charge on any atom is 0.401 e. The molecule has 0 aromatic rings. The Balaban J connectivity index is 4.08. The summed E-state index contributed by atoms with van der Waals surface area (Å²) in [7, 11) is 1.15. The number of nitrogens with zero attached hydrogens (tertiary/aromatic N) is 1. The van der Waals surface area contributed by atoms with Crippen LogP contribution in [0.4, 0.5) is 13.2 Å². The maximum atomic E-state index is 12.0. The molecule has 0 fully saturated rings. The summed E-state index contributed by atoms with van der Waals surface area (Å²) in [4.78, 5) is 11.8. The van der Waals surface area contributed by atoms with Crippen LogP contribution in [0.15, 0.2) is 0 Å². The van der Waals surface area contributed by atoms with Crippen LogP contribution in [-0.4, -0.2) is 43.8 Å². The first-order valence-electron chi connectivity index (χ1n) is 4.25. The molecule has 0 unspecified atom stereocenters. The van der Waals surface area contributed by atoms with Crippen LogP contribution >= 0.6 is 0 Å². The minimum absolute atomic E-state index is 0.231. The van der Waals surface area contributed by atoms with E-state index in [4.69, 9.17) is 0 Å². The number of ether oxygens (including phenoxy) is 1. The predicted octanol–water partition coefficient (Wildman–Crippen LogP) is 1.43. The number of methoxy groups -OCH3 is 1. The van der Waals surface area contributed by atoms with Crippen molar-refractivity contribution in [2.75, 3.05) is 26.7 Å². The summed E-state index contributed by atoms with van der Waals surface area (Å²) in [5.74, 6) is -0.650.